The molecule has 1 aliphatic carbocycles. The molecule has 0 spiro atoms. The normalized spacial score (nSPS) is 28.2. The first kappa shape index (κ1) is 15.2. The van der Waals surface area contributed by atoms with Gasteiger partial charge in [0.25, 0.3) is 0 Å². The molecular weight excluding hydrogens is 268 g/mol. The number of hydrogen-bond acceptors (Lipinski definition) is 5. The molecule has 0 saturated heterocycles. The molecule has 0 unspecified atom stereocenters. The lowest BCUT2D eigenvalue weighted by Gasteiger charge is -2.23. The minimum absolute atomic E-state index is 0.361. The van der Waals surface area contributed by atoms with Crippen LogP contribution in [0, 0.1) is 5.92 Å². The van der Waals surface area contributed by atoms with Gasteiger partial charge in [-0.05, 0) is 31.6 Å². The molecule has 0 aromatic carbocycles. The third-order valence-electron chi connectivity index (χ3n) is 2.81. The molecule has 0 atom stereocenters. The average molecular weight is 286 g/mol. The Hall–Kier alpha value is 0.130. The van der Waals surface area contributed by atoms with Crippen LogP contribution >= 0.6 is 15.5 Å². The van der Waals surface area contributed by atoms with Crippen LogP contribution in [0.5, 0.6) is 0 Å². The average Bonchev–Trinajstić information content (AvgIpc) is 2.13. The Kier molecular flexibility index (Phi) is 4.83. The predicted octanol–water partition coefficient (Wildman–Crippen LogP) is 0.838. The summed E-state index contributed by atoms with van der Waals surface area (Å²) in [5.41, 5.74) is 0. The van der Waals surface area contributed by atoms with Crippen molar-refractivity contribution in [2.75, 3.05) is 0 Å². The number of rotatable bonds is 3. The molecule has 0 radical (unpaired) electrons. The highest BCUT2D eigenvalue weighted by Gasteiger charge is 2.52. The van der Waals surface area contributed by atoms with Crippen molar-refractivity contribution >= 4 is 20.7 Å². The second-order valence-corrected chi connectivity index (χ2v) is 7.88. The topological polar surface area (TPSA) is 131 Å². The van der Waals surface area contributed by atoms with Gasteiger partial charge in [-0.2, -0.15) is 14.7 Å². The van der Waals surface area contributed by atoms with E-state index >= 15 is 0 Å². The second kappa shape index (κ2) is 5.41. The van der Waals surface area contributed by atoms with E-state index in [2.05, 4.69) is 11.9 Å². The Balaban J connectivity index is 2.88. The molecule has 0 aromatic heterocycles. The zero-order valence-corrected chi connectivity index (χ0v) is 11.3. The van der Waals surface area contributed by atoms with E-state index in [0.717, 1.165) is 12.8 Å². The smallest absolute Gasteiger partial charge is 0.317 e. The van der Waals surface area contributed by atoms with Crippen LogP contribution in [-0.2, 0) is 4.57 Å². The first-order valence-corrected chi connectivity index (χ1v) is 8.58. The van der Waals surface area contributed by atoms with Crippen LogP contribution < -0.4 is 0 Å². The van der Waals surface area contributed by atoms with Crippen LogP contribution in [0.15, 0.2) is 4.99 Å². The minimum Gasteiger partial charge on any atom is -0.317 e. The highest BCUT2D eigenvalue weighted by atomic mass is 31.3. The Morgan fingerprint density at radius 3 is 2.00 bits per heavy atom. The zero-order chi connectivity index (χ0) is 13.3. The SMILES string of the molecule is CC1CCC(N=C(P(=O)(O)O)[P+](O)(O)O)CC1. The van der Waals surface area contributed by atoms with E-state index in [1.165, 1.54) is 0 Å². The summed E-state index contributed by atoms with van der Waals surface area (Å²) >= 11 is 0. The van der Waals surface area contributed by atoms with Gasteiger partial charge >= 0.3 is 20.7 Å². The largest absolute Gasteiger partial charge is 0.469 e. The molecule has 1 aliphatic rings. The summed E-state index contributed by atoms with van der Waals surface area (Å²) in [6.45, 7) is 2.07. The second-order valence-electron chi connectivity index (χ2n) is 4.46. The fourth-order valence-corrected chi connectivity index (χ4v) is 3.89. The molecule has 1 fully saturated rings. The summed E-state index contributed by atoms with van der Waals surface area (Å²) in [6, 6.07) is -0.361. The van der Waals surface area contributed by atoms with Crippen molar-refractivity contribution in [3.63, 3.8) is 0 Å². The molecular formula is C8H18NO6P2+. The molecule has 7 nitrogen and oxygen atoms in total. The van der Waals surface area contributed by atoms with Crippen molar-refractivity contribution < 1.29 is 29.0 Å². The van der Waals surface area contributed by atoms with E-state index in [4.69, 9.17) is 24.5 Å². The Labute approximate surface area is 100.0 Å². The van der Waals surface area contributed by atoms with Gasteiger partial charge in [0.1, 0.15) is 0 Å². The first-order chi connectivity index (χ1) is 7.60. The quantitative estimate of drug-likeness (QED) is 0.386. The number of nitrogens with zero attached hydrogens (tertiary/aromatic N) is 1. The summed E-state index contributed by atoms with van der Waals surface area (Å²) in [5, 5.41) is -1.16. The van der Waals surface area contributed by atoms with Crippen molar-refractivity contribution in [2.45, 2.75) is 38.6 Å². The van der Waals surface area contributed by atoms with Gasteiger partial charge in [-0.15, -0.1) is 0 Å². The molecule has 1 rings (SSSR count). The highest BCUT2D eigenvalue weighted by Crippen LogP contribution is 2.60. The van der Waals surface area contributed by atoms with E-state index in [0.29, 0.717) is 18.8 Å². The summed E-state index contributed by atoms with van der Waals surface area (Å²) in [7, 11) is -9.67. The van der Waals surface area contributed by atoms with E-state index in [1.807, 2.05) is 0 Å². The molecule has 5 N–H and O–H groups in total. The Morgan fingerprint density at radius 2 is 1.65 bits per heavy atom. The third-order valence-corrected chi connectivity index (χ3v) is 5.69. The van der Waals surface area contributed by atoms with Crippen LogP contribution in [-0.4, -0.2) is 35.7 Å². The third kappa shape index (κ3) is 4.72. The molecule has 17 heavy (non-hydrogen) atoms. The summed E-state index contributed by atoms with van der Waals surface area (Å²) in [6.07, 6.45) is 3.00. The monoisotopic (exact) mass is 286 g/mol. The molecule has 0 heterocycles. The van der Waals surface area contributed by atoms with Crippen LogP contribution in [0.1, 0.15) is 32.6 Å². The van der Waals surface area contributed by atoms with Crippen LogP contribution in [0.2, 0.25) is 0 Å². The lowest BCUT2D eigenvalue weighted by Crippen LogP contribution is -2.18. The Bertz CT molecular complexity index is 338. The van der Waals surface area contributed by atoms with Gasteiger partial charge in [0.15, 0.2) is 0 Å². The van der Waals surface area contributed by atoms with Crippen LogP contribution in [0.3, 0.4) is 0 Å². The van der Waals surface area contributed by atoms with Crippen LogP contribution in [0.25, 0.3) is 0 Å². The van der Waals surface area contributed by atoms with E-state index < -0.39 is 20.7 Å². The van der Waals surface area contributed by atoms with Gasteiger partial charge in [0.05, 0.1) is 6.04 Å². The van der Waals surface area contributed by atoms with E-state index in [-0.39, 0.29) is 6.04 Å². The van der Waals surface area contributed by atoms with Crippen molar-refractivity contribution in [3.05, 3.63) is 0 Å². The summed E-state index contributed by atoms with van der Waals surface area (Å²) in [4.78, 5) is 48.5. The van der Waals surface area contributed by atoms with E-state index in [1.54, 1.807) is 0 Å². The van der Waals surface area contributed by atoms with Crippen molar-refractivity contribution in [2.24, 2.45) is 10.9 Å². The van der Waals surface area contributed by atoms with Gasteiger partial charge < -0.3 is 9.79 Å². The van der Waals surface area contributed by atoms with Crippen molar-refractivity contribution in [3.8, 4) is 0 Å². The molecule has 100 valence electrons. The summed E-state index contributed by atoms with van der Waals surface area (Å²) in [5.74, 6) is 0.539. The summed E-state index contributed by atoms with van der Waals surface area (Å²) < 4.78 is 11.0. The maximum atomic E-state index is 11.0. The van der Waals surface area contributed by atoms with Crippen molar-refractivity contribution in [1.82, 2.24) is 0 Å². The van der Waals surface area contributed by atoms with Gasteiger partial charge in [-0.3, -0.25) is 0 Å². The molecule has 0 aliphatic heterocycles. The molecule has 0 amide bonds. The zero-order valence-electron chi connectivity index (χ0n) is 9.47. The maximum absolute atomic E-state index is 11.0. The lowest BCUT2D eigenvalue weighted by molar-refractivity contribution is 0.339. The number of aliphatic imine (C=N–C) groups is 1. The maximum Gasteiger partial charge on any atom is 0.469 e. The lowest BCUT2D eigenvalue weighted by atomic mass is 9.88. The van der Waals surface area contributed by atoms with Crippen LogP contribution in [0.4, 0.5) is 0 Å². The van der Waals surface area contributed by atoms with Gasteiger partial charge in [-0.1, -0.05) is 6.92 Å². The number of hydrogen-bond donors (Lipinski definition) is 5. The fourth-order valence-electron chi connectivity index (χ4n) is 1.86. The van der Waals surface area contributed by atoms with Gasteiger partial charge in [0, 0.05) is 0 Å². The Morgan fingerprint density at radius 1 is 1.18 bits per heavy atom. The predicted molar refractivity (Wildman–Crippen MR) is 64.5 cm³/mol. The van der Waals surface area contributed by atoms with Gasteiger partial charge in [0.2, 0.25) is 0 Å². The fraction of sp³-hybridized carbons (Fsp3) is 0.875. The minimum atomic E-state index is -4.93. The first-order valence-electron chi connectivity index (χ1n) is 5.32. The van der Waals surface area contributed by atoms with Crippen molar-refractivity contribution in [1.29, 1.82) is 0 Å². The molecule has 1 saturated carbocycles. The molecule has 0 bridgehead atoms. The van der Waals surface area contributed by atoms with E-state index in [9.17, 15) is 4.57 Å². The molecule has 0 aromatic rings. The highest BCUT2D eigenvalue weighted by molar-refractivity contribution is 8.00. The molecule has 9 heteroatoms. The standard InChI is InChI=1S/C8H17NO6P2/c1-6-2-4-7(5-3-6)9-8(16(10,11)12)17(13,14)15/h6-7,10-12H,2-5H2,1H3,(H-,13,14,15)/p+1. The van der Waals surface area contributed by atoms with Gasteiger partial charge in [-0.25, -0.2) is 9.56 Å².